The average Bonchev–Trinajstić information content (AvgIpc) is 2.65. The molecule has 0 bridgehead atoms. The Morgan fingerprint density at radius 2 is 1.79 bits per heavy atom. The lowest BCUT2D eigenvalue weighted by atomic mass is 10.1. The molecule has 3 aromatic rings. The minimum Gasteiger partial charge on any atom is -0.434 e. The molecule has 2 aromatic heterocycles. The van der Waals surface area contributed by atoms with Crippen LogP contribution in [0, 0.1) is 0 Å². The third-order valence-electron chi connectivity index (χ3n) is 3.89. The highest BCUT2D eigenvalue weighted by atomic mass is 35.5. The highest BCUT2D eigenvalue weighted by Gasteiger charge is 2.16. The molecule has 0 atom stereocenters. The summed E-state index contributed by atoms with van der Waals surface area (Å²) >= 11 is 12.5. The number of aromatic nitrogens is 5. The molecule has 0 radical (unpaired) electrons. The lowest BCUT2D eigenvalue weighted by Crippen LogP contribution is -2.33. The quantitative estimate of drug-likeness (QED) is 0.627. The van der Waals surface area contributed by atoms with Crippen LogP contribution in [0.3, 0.4) is 0 Å². The molecular formula is C17H14Cl2FN5O4. The number of H-pyrrole nitrogens is 2. The first-order valence-electron chi connectivity index (χ1n) is 8.26. The van der Waals surface area contributed by atoms with Crippen molar-refractivity contribution >= 4 is 23.2 Å². The monoisotopic (exact) mass is 441 g/mol. The van der Waals surface area contributed by atoms with E-state index < -0.39 is 23.6 Å². The molecule has 0 aliphatic heterocycles. The van der Waals surface area contributed by atoms with Gasteiger partial charge in [0.05, 0.1) is 15.7 Å². The van der Waals surface area contributed by atoms with E-state index in [4.69, 9.17) is 27.9 Å². The topological polar surface area (TPSA) is 123 Å². The van der Waals surface area contributed by atoms with Crippen molar-refractivity contribution in [2.45, 2.75) is 26.4 Å². The summed E-state index contributed by atoms with van der Waals surface area (Å²) in [6, 6.07) is 4.06. The van der Waals surface area contributed by atoms with Crippen LogP contribution in [-0.2, 0) is 6.67 Å². The molecule has 1 aromatic carbocycles. The third kappa shape index (κ3) is 4.22. The van der Waals surface area contributed by atoms with Crippen LogP contribution in [0.1, 0.15) is 31.0 Å². The summed E-state index contributed by atoms with van der Waals surface area (Å²) in [4.78, 5) is 37.2. The van der Waals surface area contributed by atoms with E-state index in [0.29, 0.717) is 5.56 Å². The predicted octanol–water partition coefficient (Wildman–Crippen LogP) is 2.70. The van der Waals surface area contributed by atoms with Crippen molar-refractivity contribution in [3.05, 3.63) is 70.7 Å². The summed E-state index contributed by atoms with van der Waals surface area (Å²) in [5.74, 6) is 0.0127. The molecule has 0 saturated carbocycles. The van der Waals surface area contributed by atoms with Crippen LogP contribution in [0.5, 0.6) is 11.6 Å². The molecule has 3 rings (SSSR count). The molecule has 0 saturated heterocycles. The highest BCUT2D eigenvalue weighted by molar-refractivity contribution is 6.37. The second-order valence-electron chi connectivity index (χ2n) is 6.24. The van der Waals surface area contributed by atoms with Gasteiger partial charge in [0.1, 0.15) is 6.67 Å². The standard InChI is InChI=1S/C17H14Cl2FN5O4/c1-7(2)9-5-13(22-23-15(9)26)29-14-10(18)3-8(4-11(14)19)25-17(28)21-16(27)12(6-20)24-25/h3-5,7H,6H2,1-2H3,(H,23,26)(H,21,27,28). The van der Waals surface area contributed by atoms with E-state index in [1.165, 1.54) is 18.2 Å². The first-order chi connectivity index (χ1) is 13.7. The summed E-state index contributed by atoms with van der Waals surface area (Å²) in [5.41, 5.74) is -2.09. The van der Waals surface area contributed by atoms with E-state index in [2.05, 4.69) is 15.3 Å². The van der Waals surface area contributed by atoms with Crippen LogP contribution in [0.15, 0.2) is 32.6 Å². The minimum atomic E-state index is -1.16. The molecule has 2 heterocycles. The zero-order chi connectivity index (χ0) is 21.3. The summed E-state index contributed by atoms with van der Waals surface area (Å²) in [6.45, 7) is 2.52. The fraction of sp³-hybridized carbons (Fsp3) is 0.235. The van der Waals surface area contributed by atoms with Crippen LogP contribution in [0.25, 0.3) is 5.69 Å². The van der Waals surface area contributed by atoms with Crippen LogP contribution in [-0.4, -0.2) is 25.0 Å². The summed E-state index contributed by atoms with van der Waals surface area (Å²) < 4.78 is 19.3. The van der Waals surface area contributed by atoms with Gasteiger partial charge in [-0.25, -0.2) is 14.3 Å². The fourth-order valence-corrected chi connectivity index (χ4v) is 3.00. The van der Waals surface area contributed by atoms with Crippen LogP contribution < -0.4 is 21.5 Å². The van der Waals surface area contributed by atoms with E-state index in [1.54, 1.807) is 0 Å². The normalized spacial score (nSPS) is 11.1. The maximum atomic E-state index is 12.9. The van der Waals surface area contributed by atoms with Crippen molar-refractivity contribution in [2.24, 2.45) is 0 Å². The van der Waals surface area contributed by atoms with Gasteiger partial charge in [0.2, 0.25) is 5.88 Å². The predicted molar refractivity (Wildman–Crippen MR) is 104 cm³/mol. The van der Waals surface area contributed by atoms with E-state index in [9.17, 15) is 18.8 Å². The number of aromatic amines is 2. The second kappa shape index (κ2) is 8.18. The SMILES string of the molecule is CC(C)c1cc(Oc2c(Cl)cc(-n3nc(CF)c(=O)[nH]c3=O)cc2Cl)n[nH]c1=O. The zero-order valence-corrected chi connectivity index (χ0v) is 16.6. The number of ether oxygens (including phenoxy) is 1. The molecule has 0 aliphatic rings. The van der Waals surface area contributed by atoms with E-state index in [1.807, 2.05) is 18.8 Å². The zero-order valence-electron chi connectivity index (χ0n) is 15.1. The van der Waals surface area contributed by atoms with Crippen molar-refractivity contribution in [1.29, 1.82) is 0 Å². The van der Waals surface area contributed by atoms with Gasteiger partial charge < -0.3 is 4.74 Å². The molecule has 152 valence electrons. The number of nitrogens with one attached hydrogen (secondary N) is 2. The van der Waals surface area contributed by atoms with Gasteiger partial charge in [0, 0.05) is 11.6 Å². The van der Waals surface area contributed by atoms with Crippen molar-refractivity contribution in [3.8, 4) is 17.3 Å². The van der Waals surface area contributed by atoms with Gasteiger partial charge in [0.25, 0.3) is 11.1 Å². The number of benzene rings is 1. The highest BCUT2D eigenvalue weighted by Crippen LogP contribution is 2.37. The van der Waals surface area contributed by atoms with Gasteiger partial charge >= 0.3 is 5.69 Å². The Morgan fingerprint density at radius 1 is 1.14 bits per heavy atom. The second-order valence-corrected chi connectivity index (χ2v) is 7.05. The Labute approximate surface area is 172 Å². The number of alkyl halides is 1. The number of rotatable bonds is 5. The molecular weight excluding hydrogens is 428 g/mol. The molecule has 0 amide bonds. The molecule has 29 heavy (non-hydrogen) atoms. The molecule has 9 nitrogen and oxygen atoms in total. The van der Waals surface area contributed by atoms with Crippen molar-refractivity contribution in [1.82, 2.24) is 25.0 Å². The van der Waals surface area contributed by atoms with Gasteiger partial charge in [-0.05, 0) is 18.1 Å². The largest absolute Gasteiger partial charge is 0.434 e. The number of nitrogens with zero attached hydrogens (tertiary/aromatic N) is 3. The number of halogens is 3. The maximum absolute atomic E-state index is 12.9. The van der Waals surface area contributed by atoms with E-state index >= 15 is 0 Å². The first-order valence-corrected chi connectivity index (χ1v) is 9.02. The minimum absolute atomic E-state index is 0.00621. The van der Waals surface area contributed by atoms with Crippen molar-refractivity contribution in [3.63, 3.8) is 0 Å². The number of hydrogen-bond acceptors (Lipinski definition) is 6. The molecule has 12 heteroatoms. The van der Waals surface area contributed by atoms with Gasteiger partial charge in [-0.15, -0.1) is 5.10 Å². The van der Waals surface area contributed by atoms with Crippen LogP contribution in [0.2, 0.25) is 10.0 Å². The Kier molecular flexibility index (Phi) is 5.85. The fourth-order valence-electron chi connectivity index (χ4n) is 2.45. The average molecular weight is 442 g/mol. The molecule has 0 fully saturated rings. The lowest BCUT2D eigenvalue weighted by Gasteiger charge is -2.12. The van der Waals surface area contributed by atoms with Gasteiger partial charge in [-0.2, -0.15) is 9.78 Å². The summed E-state index contributed by atoms with van der Waals surface area (Å²) in [6.07, 6.45) is 0. The van der Waals surface area contributed by atoms with Crippen LogP contribution >= 0.6 is 23.2 Å². The van der Waals surface area contributed by atoms with Crippen molar-refractivity contribution < 1.29 is 9.13 Å². The summed E-state index contributed by atoms with van der Waals surface area (Å²) in [7, 11) is 0. The smallest absolute Gasteiger partial charge is 0.349 e. The first kappa shape index (κ1) is 20.7. The van der Waals surface area contributed by atoms with Gasteiger partial charge in [0.15, 0.2) is 11.4 Å². The van der Waals surface area contributed by atoms with Crippen LogP contribution in [0.4, 0.5) is 4.39 Å². The van der Waals surface area contributed by atoms with E-state index in [-0.39, 0.29) is 38.8 Å². The van der Waals surface area contributed by atoms with Gasteiger partial charge in [-0.3, -0.25) is 14.6 Å². The number of hydrogen-bond donors (Lipinski definition) is 2. The molecule has 0 spiro atoms. The Balaban J connectivity index is 2.04. The Bertz CT molecular complexity index is 1230. The third-order valence-corrected chi connectivity index (χ3v) is 4.45. The van der Waals surface area contributed by atoms with Crippen molar-refractivity contribution in [2.75, 3.05) is 0 Å². The molecule has 0 aliphatic carbocycles. The molecule has 0 unspecified atom stereocenters. The summed E-state index contributed by atoms with van der Waals surface area (Å²) in [5, 5.41) is 9.79. The Hall–Kier alpha value is -2.98. The molecule has 2 N–H and O–H groups in total. The van der Waals surface area contributed by atoms with E-state index in [0.717, 1.165) is 4.68 Å². The lowest BCUT2D eigenvalue weighted by molar-refractivity contribution is 0.452. The Morgan fingerprint density at radius 3 is 2.38 bits per heavy atom. The maximum Gasteiger partial charge on any atom is 0.349 e. The van der Waals surface area contributed by atoms with Gasteiger partial charge in [-0.1, -0.05) is 37.0 Å².